The van der Waals surface area contributed by atoms with Crippen molar-refractivity contribution in [3.8, 4) is 5.75 Å². The highest BCUT2D eigenvalue weighted by molar-refractivity contribution is 5.17. The third kappa shape index (κ3) is 4.76. The lowest BCUT2D eigenvalue weighted by Crippen LogP contribution is -2.23. The number of hydrogen-bond donors (Lipinski definition) is 2. The molecule has 1 aromatic heterocycles. The van der Waals surface area contributed by atoms with Gasteiger partial charge in [-0.3, -0.25) is 4.98 Å². The summed E-state index contributed by atoms with van der Waals surface area (Å²) in [5.41, 5.74) is 0.928. The lowest BCUT2D eigenvalue weighted by Gasteiger charge is -2.10. The minimum Gasteiger partial charge on any atom is -0.506 e. The molecule has 4 heteroatoms. The average molecular weight is 210 g/mol. The van der Waals surface area contributed by atoms with E-state index < -0.39 is 0 Å². The topological polar surface area (TPSA) is 54.4 Å². The van der Waals surface area contributed by atoms with Crippen LogP contribution >= 0.6 is 0 Å². The van der Waals surface area contributed by atoms with E-state index >= 15 is 0 Å². The molecule has 0 aliphatic heterocycles. The Hall–Kier alpha value is -1.13. The Morgan fingerprint density at radius 1 is 1.53 bits per heavy atom. The van der Waals surface area contributed by atoms with Crippen LogP contribution in [0, 0.1) is 5.92 Å². The van der Waals surface area contributed by atoms with E-state index in [0.29, 0.717) is 12.5 Å². The first-order chi connectivity index (χ1) is 7.22. The number of hydrogen-bond acceptors (Lipinski definition) is 4. The molecule has 0 amide bonds. The molecule has 1 unspecified atom stereocenters. The van der Waals surface area contributed by atoms with Crippen LogP contribution in [0.25, 0.3) is 0 Å². The molecule has 15 heavy (non-hydrogen) atoms. The van der Waals surface area contributed by atoms with E-state index in [0.717, 1.165) is 18.8 Å². The van der Waals surface area contributed by atoms with Gasteiger partial charge in [0.2, 0.25) is 0 Å². The number of nitrogens with zero attached hydrogens (tertiary/aromatic N) is 1. The third-order valence-electron chi connectivity index (χ3n) is 2.06. The molecule has 4 nitrogen and oxygen atoms in total. The molecule has 1 rings (SSSR count). The van der Waals surface area contributed by atoms with E-state index in [4.69, 9.17) is 9.84 Å². The van der Waals surface area contributed by atoms with Crippen molar-refractivity contribution in [2.75, 3.05) is 20.3 Å². The molecule has 0 spiro atoms. The number of aromatic nitrogens is 1. The summed E-state index contributed by atoms with van der Waals surface area (Å²) in [5.74, 6) is 0.693. The fourth-order valence-corrected chi connectivity index (χ4v) is 1.31. The predicted octanol–water partition coefficient (Wildman–Crippen LogP) is 1.16. The molecule has 0 bridgehead atoms. The number of pyridine rings is 1. The highest BCUT2D eigenvalue weighted by Crippen LogP contribution is 2.05. The molecule has 1 atom stereocenters. The summed E-state index contributed by atoms with van der Waals surface area (Å²) in [7, 11) is 1.71. The Labute approximate surface area is 90.3 Å². The molecule has 0 aromatic carbocycles. The van der Waals surface area contributed by atoms with Crippen molar-refractivity contribution in [2.24, 2.45) is 5.92 Å². The third-order valence-corrected chi connectivity index (χ3v) is 2.06. The van der Waals surface area contributed by atoms with Gasteiger partial charge in [-0.15, -0.1) is 0 Å². The van der Waals surface area contributed by atoms with Gasteiger partial charge in [-0.25, -0.2) is 0 Å². The summed E-state index contributed by atoms with van der Waals surface area (Å²) >= 11 is 0. The zero-order chi connectivity index (χ0) is 11.1. The standard InChI is InChI=1S/C11H18N2O2/c1-9(8-15-2)5-12-6-10-3-4-11(14)7-13-10/h3-4,7,9,12,14H,5-6,8H2,1-2H3. The van der Waals surface area contributed by atoms with E-state index in [1.165, 1.54) is 6.20 Å². The fourth-order valence-electron chi connectivity index (χ4n) is 1.31. The van der Waals surface area contributed by atoms with Crippen LogP contribution in [0.15, 0.2) is 18.3 Å². The first kappa shape index (κ1) is 11.9. The molecule has 1 aromatic rings. The SMILES string of the molecule is COCC(C)CNCc1ccc(O)cn1. The summed E-state index contributed by atoms with van der Waals surface area (Å²) in [6.45, 7) is 4.50. The van der Waals surface area contributed by atoms with Crippen molar-refractivity contribution in [3.63, 3.8) is 0 Å². The van der Waals surface area contributed by atoms with Gasteiger partial charge in [0.05, 0.1) is 11.9 Å². The molecule has 0 radical (unpaired) electrons. The van der Waals surface area contributed by atoms with Crippen LogP contribution in [0.5, 0.6) is 5.75 Å². The average Bonchev–Trinajstić information content (AvgIpc) is 2.21. The molecule has 1 heterocycles. The van der Waals surface area contributed by atoms with Gasteiger partial charge < -0.3 is 15.2 Å². The van der Waals surface area contributed by atoms with Crippen LogP contribution in [-0.2, 0) is 11.3 Å². The Morgan fingerprint density at radius 3 is 2.93 bits per heavy atom. The van der Waals surface area contributed by atoms with E-state index in [9.17, 15) is 0 Å². The lowest BCUT2D eigenvalue weighted by atomic mass is 10.2. The van der Waals surface area contributed by atoms with Crippen molar-refractivity contribution >= 4 is 0 Å². The Bertz CT molecular complexity index is 274. The molecule has 0 saturated heterocycles. The Morgan fingerprint density at radius 2 is 2.33 bits per heavy atom. The molecule has 2 N–H and O–H groups in total. The Kier molecular flexibility index (Phi) is 5.07. The monoisotopic (exact) mass is 210 g/mol. The normalized spacial score (nSPS) is 12.7. The second-order valence-corrected chi connectivity index (χ2v) is 3.70. The van der Waals surface area contributed by atoms with Crippen molar-refractivity contribution in [2.45, 2.75) is 13.5 Å². The fraction of sp³-hybridized carbons (Fsp3) is 0.545. The first-order valence-electron chi connectivity index (χ1n) is 5.06. The highest BCUT2D eigenvalue weighted by Gasteiger charge is 2.00. The zero-order valence-electron chi connectivity index (χ0n) is 9.23. The van der Waals surface area contributed by atoms with Gasteiger partial charge in [-0.05, 0) is 18.1 Å². The van der Waals surface area contributed by atoms with Gasteiger partial charge in [0, 0.05) is 26.8 Å². The van der Waals surface area contributed by atoms with Gasteiger partial charge >= 0.3 is 0 Å². The molecular weight excluding hydrogens is 192 g/mol. The maximum absolute atomic E-state index is 9.04. The van der Waals surface area contributed by atoms with E-state index in [-0.39, 0.29) is 5.75 Å². The van der Waals surface area contributed by atoms with Crippen LogP contribution < -0.4 is 5.32 Å². The molecule has 0 saturated carbocycles. The Balaban J connectivity index is 2.22. The first-order valence-corrected chi connectivity index (χ1v) is 5.06. The number of aromatic hydroxyl groups is 1. The highest BCUT2D eigenvalue weighted by atomic mass is 16.5. The van der Waals surface area contributed by atoms with E-state index in [1.807, 2.05) is 6.07 Å². The van der Waals surface area contributed by atoms with Gasteiger partial charge in [0.1, 0.15) is 5.75 Å². The van der Waals surface area contributed by atoms with Gasteiger partial charge in [-0.2, -0.15) is 0 Å². The van der Waals surface area contributed by atoms with E-state index in [2.05, 4.69) is 17.2 Å². The van der Waals surface area contributed by atoms with Crippen molar-refractivity contribution in [3.05, 3.63) is 24.0 Å². The number of methoxy groups -OCH3 is 1. The maximum atomic E-state index is 9.04. The van der Waals surface area contributed by atoms with Gasteiger partial charge in [-0.1, -0.05) is 6.92 Å². The predicted molar refractivity (Wildman–Crippen MR) is 58.6 cm³/mol. The second kappa shape index (κ2) is 6.37. The van der Waals surface area contributed by atoms with Crippen LogP contribution in [0.1, 0.15) is 12.6 Å². The second-order valence-electron chi connectivity index (χ2n) is 3.70. The molecule has 84 valence electrons. The van der Waals surface area contributed by atoms with Crippen LogP contribution in [-0.4, -0.2) is 30.4 Å². The number of rotatable bonds is 6. The minimum atomic E-state index is 0.200. The maximum Gasteiger partial charge on any atom is 0.133 e. The lowest BCUT2D eigenvalue weighted by molar-refractivity contribution is 0.158. The molecule has 0 aliphatic carbocycles. The summed E-state index contributed by atoms with van der Waals surface area (Å²) in [6.07, 6.45) is 1.45. The number of ether oxygens (including phenoxy) is 1. The van der Waals surface area contributed by atoms with E-state index in [1.54, 1.807) is 13.2 Å². The van der Waals surface area contributed by atoms with Crippen LogP contribution in [0.4, 0.5) is 0 Å². The van der Waals surface area contributed by atoms with Crippen LogP contribution in [0.3, 0.4) is 0 Å². The summed E-state index contributed by atoms with van der Waals surface area (Å²) < 4.78 is 5.03. The largest absolute Gasteiger partial charge is 0.506 e. The minimum absolute atomic E-state index is 0.200. The molecular formula is C11H18N2O2. The van der Waals surface area contributed by atoms with Crippen molar-refractivity contribution < 1.29 is 9.84 Å². The summed E-state index contributed by atoms with van der Waals surface area (Å²) in [6, 6.07) is 3.45. The summed E-state index contributed by atoms with van der Waals surface area (Å²) in [4.78, 5) is 4.08. The molecule has 0 fully saturated rings. The van der Waals surface area contributed by atoms with Crippen LogP contribution in [0.2, 0.25) is 0 Å². The van der Waals surface area contributed by atoms with Gasteiger partial charge in [0.15, 0.2) is 0 Å². The summed E-state index contributed by atoms with van der Waals surface area (Å²) in [5, 5.41) is 12.3. The van der Waals surface area contributed by atoms with Crippen molar-refractivity contribution in [1.29, 1.82) is 0 Å². The van der Waals surface area contributed by atoms with Gasteiger partial charge in [0.25, 0.3) is 0 Å². The quantitative estimate of drug-likeness (QED) is 0.739. The zero-order valence-corrected chi connectivity index (χ0v) is 9.23. The smallest absolute Gasteiger partial charge is 0.133 e. The van der Waals surface area contributed by atoms with Crippen molar-refractivity contribution in [1.82, 2.24) is 10.3 Å². The number of nitrogens with one attached hydrogen (secondary N) is 1. The molecule has 0 aliphatic rings.